The molecule has 0 unspecified atom stereocenters. The summed E-state index contributed by atoms with van der Waals surface area (Å²) in [6, 6.07) is 4.76. The Bertz CT molecular complexity index is 474. The number of halogens is 1. The highest BCUT2D eigenvalue weighted by molar-refractivity contribution is 5.93. The summed E-state index contributed by atoms with van der Waals surface area (Å²) in [6.07, 6.45) is 2.11. The Hall–Kier alpha value is -1.50. The zero-order valence-electron chi connectivity index (χ0n) is 11.7. The minimum Gasteiger partial charge on any atom is -0.317 e. The van der Waals surface area contributed by atoms with Crippen LogP contribution in [0.1, 0.15) is 28.8 Å². The number of amides is 1. The highest BCUT2D eigenvalue weighted by Gasteiger charge is 2.19. The number of hydrogen-bond acceptors (Lipinski definition) is 4. The minimum absolute atomic E-state index is 0.292. The van der Waals surface area contributed by atoms with E-state index in [-0.39, 0.29) is 5.82 Å². The first-order chi connectivity index (χ1) is 9.61. The second-order valence-electron chi connectivity index (χ2n) is 5.18. The maximum Gasteiger partial charge on any atom is 0.265 e. The van der Waals surface area contributed by atoms with Gasteiger partial charge in [-0.2, -0.15) is 0 Å². The maximum atomic E-state index is 13.9. The Morgan fingerprint density at radius 3 is 2.85 bits per heavy atom. The third kappa shape index (κ3) is 3.53. The molecule has 0 radical (unpaired) electrons. The van der Waals surface area contributed by atoms with E-state index in [1.54, 1.807) is 6.07 Å². The second kappa shape index (κ2) is 6.78. The number of nitrogens with one attached hydrogen (secondary N) is 2. The van der Waals surface area contributed by atoms with Gasteiger partial charge in [0.05, 0.1) is 0 Å². The molecule has 1 aliphatic rings. The van der Waals surface area contributed by atoms with Gasteiger partial charge in [0.15, 0.2) is 0 Å². The lowest BCUT2D eigenvalue weighted by Crippen LogP contribution is -2.40. The van der Waals surface area contributed by atoms with E-state index in [1.807, 2.05) is 7.05 Å². The molecule has 4 N–H and O–H groups in total. The van der Waals surface area contributed by atoms with Crippen molar-refractivity contribution in [3.63, 3.8) is 0 Å². The summed E-state index contributed by atoms with van der Waals surface area (Å²) < 4.78 is 13.9. The normalized spacial score (nSPS) is 16.4. The van der Waals surface area contributed by atoms with Gasteiger partial charge in [0, 0.05) is 23.7 Å². The molecule has 0 atom stereocenters. The van der Waals surface area contributed by atoms with E-state index in [0.717, 1.165) is 25.9 Å². The molecular formula is C14H21FN4O. The van der Waals surface area contributed by atoms with E-state index in [4.69, 9.17) is 5.84 Å². The Kier molecular flexibility index (Phi) is 5.05. The van der Waals surface area contributed by atoms with Gasteiger partial charge in [0.2, 0.25) is 0 Å². The predicted molar refractivity (Wildman–Crippen MR) is 75.4 cm³/mol. The zero-order chi connectivity index (χ0) is 14.5. The van der Waals surface area contributed by atoms with Crippen LogP contribution in [0.4, 0.5) is 4.39 Å². The number of carbonyl (C=O) groups is 1. The number of rotatable bonds is 4. The first-order valence-electron chi connectivity index (χ1n) is 6.82. The molecule has 5 nitrogen and oxygen atoms in total. The van der Waals surface area contributed by atoms with Crippen molar-refractivity contribution in [2.75, 3.05) is 20.1 Å². The van der Waals surface area contributed by atoms with Crippen LogP contribution in [0, 0.1) is 5.82 Å². The third-order valence-corrected chi connectivity index (χ3v) is 3.79. The van der Waals surface area contributed by atoms with Crippen LogP contribution in [0.3, 0.4) is 0 Å². The smallest absolute Gasteiger partial charge is 0.265 e. The van der Waals surface area contributed by atoms with E-state index < -0.39 is 5.91 Å². The summed E-state index contributed by atoms with van der Waals surface area (Å²) in [5.41, 5.74) is 2.96. The Morgan fingerprint density at radius 1 is 1.50 bits per heavy atom. The first kappa shape index (κ1) is 14.9. The minimum atomic E-state index is -0.407. The van der Waals surface area contributed by atoms with Crippen LogP contribution in [0.5, 0.6) is 0 Å². The summed E-state index contributed by atoms with van der Waals surface area (Å²) in [6.45, 7) is 2.47. The van der Waals surface area contributed by atoms with Gasteiger partial charge >= 0.3 is 0 Å². The van der Waals surface area contributed by atoms with Gasteiger partial charge in [-0.25, -0.2) is 10.2 Å². The number of nitrogen functional groups attached to an aromatic ring is 1. The molecule has 20 heavy (non-hydrogen) atoms. The Morgan fingerprint density at radius 2 is 2.20 bits per heavy atom. The molecule has 1 fully saturated rings. The fourth-order valence-corrected chi connectivity index (χ4v) is 2.57. The molecule has 6 heteroatoms. The van der Waals surface area contributed by atoms with Crippen LogP contribution >= 0.6 is 0 Å². The molecule has 1 aliphatic heterocycles. The van der Waals surface area contributed by atoms with Crippen molar-refractivity contribution in [3.8, 4) is 0 Å². The van der Waals surface area contributed by atoms with Crippen molar-refractivity contribution in [3.05, 3.63) is 35.1 Å². The van der Waals surface area contributed by atoms with Crippen LogP contribution < -0.4 is 16.6 Å². The highest BCUT2D eigenvalue weighted by Crippen LogP contribution is 2.17. The summed E-state index contributed by atoms with van der Waals surface area (Å²) in [4.78, 5) is 13.6. The summed E-state index contributed by atoms with van der Waals surface area (Å²) in [5.74, 6) is 4.40. The zero-order valence-corrected chi connectivity index (χ0v) is 11.7. The largest absolute Gasteiger partial charge is 0.317 e. The summed E-state index contributed by atoms with van der Waals surface area (Å²) in [5, 5.41) is 3.31. The molecule has 1 heterocycles. The lowest BCUT2D eigenvalue weighted by Gasteiger charge is -2.31. The molecule has 0 aliphatic carbocycles. The summed E-state index contributed by atoms with van der Waals surface area (Å²) >= 11 is 0. The molecule has 1 saturated heterocycles. The van der Waals surface area contributed by atoms with Crippen LogP contribution in [-0.2, 0) is 6.54 Å². The fraction of sp³-hybridized carbons (Fsp3) is 0.500. The average molecular weight is 280 g/mol. The number of nitrogens with two attached hydrogens (primary N) is 1. The first-order valence-corrected chi connectivity index (χ1v) is 6.82. The number of hydrogen-bond donors (Lipinski definition) is 3. The Balaban J connectivity index is 2.09. The van der Waals surface area contributed by atoms with Crippen molar-refractivity contribution in [2.24, 2.45) is 5.84 Å². The lowest BCUT2D eigenvalue weighted by atomic mass is 10.0. The van der Waals surface area contributed by atoms with Crippen LogP contribution in [0.15, 0.2) is 18.2 Å². The molecular weight excluding hydrogens is 259 g/mol. The summed E-state index contributed by atoms with van der Waals surface area (Å²) in [7, 11) is 1.99. The fourth-order valence-electron chi connectivity index (χ4n) is 2.57. The number of carbonyl (C=O) groups excluding carboxylic acids is 1. The monoisotopic (exact) mass is 280 g/mol. The number of piperidine rings is 1. The van der Waals surface area contributed by atoms with Gasteiger partial charge in [-0.15, -0.1) is 0 Å². The molecule has 0 saturated carbocycles. The number of benzene rings is 1. The quantitative estimate of drug-likeness (QED) is 0.429. The van der Waals surface area contributed by atoms with Crippen molar-refractivity contribution in [2.45, 2.75) is 25.4 Å². The maximum absolute atomic E-state index is 13.9. The number of nitrogens with zero attached hydrogens (tertiary/aromatic N) is 1. The molecule has 0 bridgehead atoms. The molecule has 110 valence electrons. The van der Waals surface area contributed by atoms with Gasteiger partial charge in [0.25, 0.3) is 5.91 Å². The SMILES string of the molecule is CN(Cc1cc(C(=O)NN)ccc1F)C1CCNCC1. The molecule has 1 amide bonds. The van der Waals surface area contributed by atoms with Gasteiger partial charge in [0.1, 0.15) is 5.82 Å². The second-order valence-corrected chi connectivity index (χ2v) is 5.18. The Labute approximate surface area is 118 Å². The molecule has 1 aromatic rings. The van der Waals surface area contributed by atoms with Crippen LogP contribution in [0.2, 0.25) is 0 Å². The average Bonchev–Trinajstić information content (AvgIpc) is 2.49. The van der Waals surface area contributed by atoms with E-state index in [0.29, 0.717) is 23.7 Å². The topological polar surface area (TPSA) is 70.4 Å². The standard InChI is InChI=1S/C14H21FN4O/c1-19(12-4-6-17-7-5-12)9-11-8-10(14(20)18-16)2-3-13(11)15/h2-3,8,12,17H,4-7,9,16H2,1H3,(H,18,20). The van der Waals surface area contributed by atoms with Gasteiger partial charge in [-0.1, -0.05) is 0 Å². The van der Waals surface area contributed by atoms with Gasteiger partial charge < -0.3 is 5.32 Å². The van der Waals surface area contributed by atoms with Crippen LogP contribution in [0.25, 0.3) is 0 Å². The molecule has 0 spiro atoms. The third-order valence-electron chi connectivity index (χ3n) is 3.79. The molecule has 0 aromatic heterocycles. The van der Waals surface area contributed by atoms with Gasteiger partial charge in [-0.3, -0.25) is 15.1 Å². The van der Waals surface area contributed by atoms with Crippen molar-refractivity contribution in [1.82, 2.24) is 15.6 Å². The molecule has 1 aromatic carbocycles. The van der Waals surface area contributed by atoms with E-state index in [1.165, 1.54) is 12.1 Å². The highest BCUT2D eigenvalue weighted by atomic mass is 19.1. The number of hydrazine groups is 1. The van der Waals surface area contributed by atoms with E-state index in [9.17, 15) is 9.18 Å². The van der Waals surface area contributed by atoms with Crippen molar-refractivity contribution in [1.29, 1.82) is 0 Å². The van der Waals surface area contributed by atoms with Gasteiger partial charge in [-0.05, 0) is 51.2 Å². The van der Waals surface area contributed by atoms with E-state index in [2.05, 4.69) is 15.6 Å². The van der Waals surface area contributed by atoms with Crippen LogP contribution in [-0.4, -0.2) is 37.0 Å². The lowest BCUT2D eigenvalue weighted by molar-refractivity contribution is 0.0953. The van der Waals surface area contributed by atoms with E-state index >= 15 is 0 Å². The molecule has 2 rings (SSSR count). The van der Waals surface area contributed by atoms with Crippen molar-refractivity contribution < 1.29 is 9.18 Å². The van der Waals surface area contributed by atoms with Crippen molar-refractivity contribution >= 4 is 5.91 Å². The predicted octanol–water partition coefficient (Wildman–Crippen LogP) is 0.613.